The van der Waals surface area contributed by atoms with E-state index in [0.29, 0.717) is 0 Å². The third kappa shape index (κ3) is 4.93. The Hall–Kier alpha value is -1.98. The van der Waals surface area contributed by atoms with Gasteiger partial charge in [0, 0.05) is 11.0 Å². The first kappa shape index (κ1) is 30.2. The van der Waals surface area contributed by atoms with Crippen molar-refractivity contribution < 1.29 is 70.2 Å². The maximum absolute atomic E-state index is 13.9. The fraction of sp³-hybridized carbons (Fsp3) is 0.333. The topological polar surface area (TPSA) is 0 Å². The summed E-state index contributed by atoms with van der Waals surface area (Å²) in [6, 6.07) is -0.0219. The van der Waals surface area contributed by atoms with Crippen molar-refractivity contribution in [3.63, 3.8) is 0 Å². The molecule has 0 saturated heterocycles. The minimum Gasteiger partial charge on any atom is -0.207 e. The molecule has 202 valence electrons. The van der Waals surface area contributed by atoms with Gasteiger partial charge in [0.2, 0.25) is 0 Å². The Labute approximate surface area is 198 Å². The van der Waals surface area contributed by atoms with Gasteiger partial charge in [-0.3, -0.25) is 0 Å². The number of halogens is 16. The number of thioether (sulfide) groups is 2. The largest absolute Gasteiger partial charge is 0.388 e. The van der Waals surface area contributed by atoms with Gasteiger partial charge >= 0.3 is 34.2 Å². The van der Waals surface area contributed by atoms with Crippen LogP contribution in [-0.4, -0.2) is 34.2 Å². The van der Waals surface area contributed by atoms with Gasteiger partial charge in [-0.1, -0.05) is 0 Å². The molecule has 0 atom stereocenters. The summed E-state index contributed by atoms with van der Waals surface area (Å²) in [5.41, 5.74) is 0. The molecule has 0 aromatic heterocycles. The monoisotopic (exact) mass is 590 g/mol. The molecular formula is C18H6F16S2. The quantitative estimate of drug-likeness (QED) is 0.212. The zero-order valence-electron chi connectivity index (χ0n) is 16.3. The van der Waals surface area contributed by atoms with Crippen LogP contribution in [0.5, 0.6) is 0 Å². The third-order valence-electron chi connectivity index (χ3n) is 4.18. The van der Waals surface area contributed by atoms with E-state index in [1.165, 1.54) is 0 Å². The van der Waals surface area contributed by atoms with E-state index < -0.39 is 90.8 Å². The van der Waals surface area contributed by atoms with Crippen LogP contribution in [0.4, 0.5) is 70.2 Å². The van der Waals surface area contributed by atoms with Gasteiger partial charge in [0.25, 0.3) is 0 Å². The minimum absolute atomic E-state index is 0.0114. The predicted molar refractivity (Wildman–Crippen MR) is 94.1 cm³/mol. The highest BCUT2D eigenvalue weighted by Crippen LogP contribution is 2.64. The van der Waals surface area contributed by atoms with Gasteiger partial charge in [-0.2, -0.15) is 52.7 Å². The van der Waals surface area contributed by atoms with Gasteiger partial charge in [0.1, 0.15) is 23.3 Å². The zero-order valence-corrected chi connectivity index (χ0v) is 18.0. The molecule has 0 amide bonds. The number of hydrogen-bond acceptors (Lipinski definition) is 2. The summed E-state index contributed by atoms with van der Waals surface area (Å²) in [7, 11) is 0. The summed E-state index contributed by atoms with van der Waals surface area (Å²) in [6.07, 6.45) is 0. The van der Waals surface area contributed by atoms with E-state index in [9.17, 15) is 70.2 Å². The molecule has 0 saturated carbocycles. The smallest absolute Gasteiger partial charge is 0.207 e. The lowest BCUT2D eigenvalue weighted by Crippen LogP contribution is -2.69. The number of hydrogen-bond donors (Lipinski definition) is 0. The van der Waals surface area contributed by atoms with Crippen LogP contribution < -0.4 is 0 Å². The molecule has 18 heteroatoms. The molecule has 2 rings (SSSR count). The summed E-state index contributed by atoms with van der Waals surface area (Å²) in [6.45, 7) is 0. The first-order valence-electron chi connectivity index (χ1n) is 8.57. The molecule has 0 radical (unpaired) electrons. The lowest BCUT2D eigenvalue weighted by Gasteiger charge is -2.40. The SMILES string of the molecule is Fc1ccc(SC(F)(F)C(F)(F)C(F)(F)C(F)(F)C(F)(F)C(F)(F)Sc2cc(F)ccc2F)c(F)c1. The highest BCUT2D eigenvalue weighted by molar-refractivity contribution is 8.00. The summed E-state index contributed by atoms with van der Waals surface area (Å²) in [5, 5.41) is -13.2. The molecule has 0 aliphatic carbocycles. The highest BCUT2D eigenvalue weighted by Gasteiger charge is 2.90. The summed E-state index contributed by atoms with van der Waals surface area (Å²) in [5.74, 6) is -38.2. The van der Waals surface area contributed by atoms with Gasteiger partial charge in [0.15, 0.2) is 0 Å². The summed E-state index contributed by atoms with van der Waals surface area (Å²) >= 11 is -3.89. The van der Waals surface area contributed by atoms with Crippen molar-refractivity contribution in [2.75, 3.05) is 0 Å². The van der Waals surface area contributed by atoms with Crippen LogP contribution in [0.1, 0.15) is 0 Å². The average Bonchev–Trinajstić information content (AvgIpc) is 2.71. The second-order valence-corrected chi connectivity index (χ2v) is 9.00. The maximum atomic E-state index is 13.9. The van der Waals surface area contributed by atoms with Crippen LogP contribution in [0.3, 0.4) is 0 Å². The fourth-order valence-electron chi connectivity index (χ4n) is 2.28. The second-order valence-electron chi connectivity index (χ2n) is 6.68. The Morgan fingerprint density at radius 1 is 0.417 bits per heavy atom. The molecule has 0 fully saturated rings. The third-order valence-corrected chi connectivity index (χ3v) is 6.29. The van der Waals surface area contributed by atoms with Crippen LogP contribution in [0.25, 0.3) is 0 Å². The number of benzene rings is 2. The average molecular weight is 590 g/mol. The molecule has 2 aromatic rings. The first-order valence-corrected chi connectivity index (χ1v) is 10.2. The van der Waals surface area contributed by atoms with Crippen LogP contribution in [0.2, 0.25) is 0 Å². The molecular weight excluding hydrogens is 584 g/mol. The summed E-state index contributed by atoms with van der Waals surface area (Å²) < 4.78 is 220. The van der Waals surface area contributed by atoms with Gasteiger partial charge in [0.05, 0.1) is 4.90 Å². The van der Waals surface area contributed by atoms with Crippen molar-refractivity contribution in [1.29, 1.82) is 0 Å². The number of alkyl halides is 12. The normalized spacial score (nSPS) is 14.3. The molecule has 0 unspecified atom stereocenters. The fourth-order valence-corrected chi connectivity index (χ4v) is 3.97. The van der Waals surface area contributed by atoms with Crippen molar-refractivity contribution in [2.24, 2.45) is 0 Å². The van der Waals surface area contributed by atoms with Crippen molar-refractivity contribution in [1.82, 2.24) is 0 Å². The second kappa shape index (κ2) is 9.40. The van der Waals surface area contributed by atoms with E-state index in [-0.39, 0.29) is 36.4 Å². The maximum Gasteiger partial charge on any atom is 0.388 e. The molecule has 36 heavy (non-hydrogen) atoms. The molecule has 0 bridgehead atoms. The molecule has 0 spiro atoms. The van der Waals surface area contributed by atoms with E-state index in [1.54, 1.807) is 0 Å². The van der Waals surface area contributed by atoms with E-state index in [1.807, 2.05) is 0 Å². The Kier molecular flexibility index (Phi) is 7.90. The Bertz CT molecular complexity index is 1110. The Balaban J connectivity index is 2.49. The lowest BCUT2D eigenvalue weighted by molar-refractivity contribution is -0.405. The first-order chi connectivity index (χ1) is 16.0. The lowest BCUT2D eigenvalue weighted by atomic mass is 9.98. The molecule has 0 aliphatic rings. The van der Waals surface area contributed by atoms with Crippen LogP contribution in [0, 0.1) is 23.3 Å². The molecule has 0 heterocycles. The van der Waals surface area contributed by atoms with E-state index in [4.69, 9.17) is 0 Å². The van der Waals surface area contributed by atoms with Gasteiger partial charge in [-0.05, 0) is 53.9 Å². The number of rotatable bonds is 9. The van der Waals surface area contributed by atoms with Crippen LogP contribution in [-0.2, 0) is 0 Å². The van der Waals surface area contributed by atoms with E-state index >= 15 is 0 Å². The Morgan fingerprint density at radius 2 is 0.806 bits per heavy atom. The highest BCUT2D eigenvalue weighted by atomic mass is 32.2. The van der Waals surface area contributed by atoms with E-state index in [2.05, 4.69) is 0 Å². The Morgan fingerprint density at radius 3 is 1.25 bits per heavy atom. The minimum atomic E-state index is -7.98. The van der Waals surface area contributed by atoms with Crippen molar-refractivity contribution >= 4 is 23.5 Å². The van der Waals surface area contributed by atoms with Crippen molar-refractivity contribution in [3.8, 4) is 0 Å². The van der Waals surface area contributed by atoms with E-state index in [0.717, 1.165) is 0 Å². The predicted octanol–water partition coefficient (Wildman–Crippen LogP) is 8.85. The van der Waals surface area contributed by atoms with Gasteiger partial charge < -0.3 is 0 Å². The molecule has 0 N–H and O–H groups in total. The molecule has 2 aromatic carbocycles. The molecule has 0 aliphatic heterocycles. The zero-order chi connectivity index (χ0) is 28.1. The van der Waals surface area contributed by atoms with Crippen molar-refractivity contribution in [2.45, 2.75) is 44.0 Å². The van der Waals surface area contributed by atoms with Gasteiger partial charge in [-0.15, -0.1) is 0 Å². The van der Waals surface area contributed by atoms with Gasteiger partial charge in [-0.25, -0.2) is 17.6 Å². The molecule has 0 nitrogen and oxygen atoms in total. The standard InChI is InChI=1S/C18H6F16S2/c19-7-2-4-11(10(22)5-7)35-17(31,32)15(27,28)13(23,24)14(25,26)16(29,30)18(33,34)36-12-6-8(20)1-3-9(12)21/h1-6H. The van der Waals surface area contributed by atoms with Crippen molar-refractivity contribution in [3.05, 3.63) is 59.7 Å². The summed E-state index contributed by atoms with van der Waals surface area (Å²) in [4.78, 5) is -3.58. The van der Waals surface area contributed by atoms with Crippen LogP contribution in [0.15, 0.2) is 46.2 Å². The van der Waals surface area contributed by atoms with Crippen LogP contribution >= 0.6 is 23.5 Å².